The Balaban J connectivity index is 0.000000395. The van der Waals surface area contributed by atoms with Crippen LogP contribution >= 0.6 is 0 Å². The van der Waals surface area contributed by atoms with E-state index in [0.717, 1.165) is 0 Å². The van der Waals surface area contributed by atoms with Crippen molar-refractivity contribution in [3.63, 3.8) is 0 Å². The predicted molar refractivity (Wildman–Crippen MR) is 116 cm³/mol. The monoisotopic (exact) mass is 552 g/mol. The Labute approximate surface area is 211 Å². The molecule has 0 unspecified atom stereocenters. The van der Waals surface area contributed by atoms with Crippen molar-refractivity contribution in [2.45, 2.75) is 0 Å². The highest BCUT2D eigenvalue weighted by atomic mass is 16.4. The molecule has 18 heteroatoms. The molecule has 0 heterocycles. The Morgan fingerprint density at radius 3 is 0.769 bits per heavy atom. The van der Waals surface area contributed by atoms with Gasteiger partial charge in [-0.3, -0.25) is 0 Å². The summed E-state index contributed by atoms with van der Waals surface area (Å²) in [5.74, 6) is -16.7. The van der Waals surface area contributed by atoms with Gasteiger partial charge in [0.1, 0.15) is 0 Å². The molecule has 0 spiro atoms. The molecule has 9 N–H and O–H groups in total. The van der Waals surface area contributed by atoms with Gasteiger partial charge >= 0.3 is 53.7 Å². The molecule has 0 saturated heterocycles. The standard InChI is InChI=1S/C11H6O10.C10H6O8/c12-7(13)2-1-3(8(14)15)5(10(18)19)6(11(20)21)4(2)9(16)17;11-7(12)3-1-4(8(13)14)6(10(17)18)5(2-3)9(15)16/h1H,(H,12,13)(H,14,15)(H,16,17)(H,18,19)(H,20,21);1-2H,(H,11,12)(H,13,14)(H,15,16)(H,17,18). The average Bonchev–Trinajstić information content (AvgIpc) is 2.81. The van der Waals surface area contributed by atoms with Crippen LogP contribution in [-0.4, -0.2) is 99.7 Å². The number of hydrogen-bond donors (Lipinski definition) is 9. The minimum absolute atomic E-state index is 0.296. The molecule has 0 amide bonds. The van der Waals surface area contributed by atoms with E-state index in [-0.39, 0.29) is 0 Å². The van der Waals surface area contributed by atoms with E-state index in [1.807, 2.05) is 0 Å². The first kappa shape index (κ1) is 30.7. The van der Waals surface area contributed by atoms with Gasteiger partial charge in [-0.25, -0.2) is 43.2 Å². The van der Waals surface area contributed by atoms with Crippen molar-refractivity contribution in [1.29, 1.82) is 0 Å². The molecule has 0 aromatic heterocycles. The van der Waals surface area contributed by atoms with Crippen molar-refractivity contribution in [3.8, 4) is 0 Å². The first-order chi connectivity index (χ1) is 17.8. The van der Waals surface area contributed by atoms with Crippen molar-refractivity contribution >= 4 is 53.7 Å². The Hall–Kier alpha value is -6.33. The summed E-state index contributed by atoms with van der Waals surface area (Å²) in [6.45, 7) is 0. The van der Waals surface area contributed by atoms with E-state index in [1.54, 1.807) is 0 Å². The highest BCUT2D eigenvalue weighted by Crippen LogP contribution is 2.25. The van der Waals surface area contributed by atoms with E-state index in [9.17, 15) is 43.2 Å². The molecule has 204 valence electrons. The second-order valence-corrected chi connectivity index (χ2v) is 6.79. The number of benzene rings is 2. The molecule has 39 heavy (non-hydrogen) atoms. The van der Waals surface area contributed by atoms with Crippen LogP contribution in [0.3, 0.4) is 0 Å². The molecular weight excluding hydrogens is 540 g/mol. The first-order valence-corrected chi connectivity index (χ1v) is 9.33. The van der Waals surface area contributed by atoms with Gasteiger partial charge in [0.2, 0.25) is 0 Å². The van der Waals surface area contributed by atoms with Crippen LogP contribution in [0.25, 0.3) is 0 Å². The quantitative estimate of drug-likeness (QED) is 0.206. The summed E-state index contributed by atoms with van der Waals surface area (Å²) >= 11 is 0. The van der Waals surface area contributed by atoms with Gasteiger partial charge in [-0.1, -0.05) is 0 Å². The summed E-state index contributed by atoms with van der Waals surface area (Å²) in [7, 11) is 0. The third-order valence-corrected chi connectivity index (χ3v) is 4.49. The Morgan fingerprint density at radius 1 is 0.308 bits per heavy atom. The molecule has 0 aliphatic heterocycles. The zero-order valence-electron chi connectivity index (χ0n) is 18.4. The summed E-state index contributed by atoms with van der Waals surface area (Å²) in [4.78, 5) is 98.3. The smallest absolute Gasteiger partial charge is 0.337 e. The molecule has 0 aliphatic rings. The summed E-state index contributed by atoms with van der Waals surface area (Å²) in [5.41, 5.74) is -9.65. The summed E-state index contributed by atoms with van der Waals surface area (Å²) in [6.07, 6.45) is 0. The zero-order valence-corrected chi connectivity index (χ0v) is 18.4. The third-order valence-electron chi connectivity index (χ3n) is 4.49. The minimum Gasteiger partial charge on any atom is -0.478 e. The topological polar surface area (TPSA) is 336 Å². The molecule has 2 aromatic rings. The van der Waals surface area contributed by atoms with Crippen molar-refractivity contribution in [1.82, 2.24) is 0 Å². The number of hydrogen-bond acceptors (Lipinski definition) is 9. The molecule has 0 bridgehead atoms. The van der Waals surface area contributed by atoms with Gasteiger partial charge in [-0.05, 0) is 18.2 Å². The van der Waals surface area contributed by atoms with Gasteiger partial charge in [-0.2, -0.15) is 0 Å². The van der Waals surface area contributed by atoms with Crippen LogP contribution in [0, 0.1) is 0 Å². The minimum atomic E-state index is -2.07. The fourth-order valence-corrected chi connectivity index (χ4v) is 3.01. The lowest BCUT2D eigenvalue weighted by molar-refractivity contribution is 0.0609. The maximum Gasteiger partial charge on any atom is 0.337 e. The fourth-order valence-electron chi connectivity index (χ4n) is 3.01. The van der Waals surface area contributed by atoms with Crippen molar-refractivity contribution in [2.75, 3.05) is 0 Å². The van der Waals surface area contributed by atoms with E-state index in [0.29, 0.717) is 18.2 Å². The SMILES string of the molecule is O=C(O)c1cc(C(=O)O)c(C(=O)O)c(C(=O)O)c1.O=C(O)c1cc(C(=O)O)c(C(=O)O)c(C(=O)O)c1C(=O)O. The van der Waals surface area contributed by atoms with Crippen LogP contribution in [0.5, 0.6) is 0 Å². The number of carbonyl (C=O) groups is 9. The molecule has 0 fully saturated rings. The molecule has 0 radical (unpaired) electrons. The number of carboxylic acid groups (broad SMARTS) is 9. The van der Waals surface area contributed by atoms with Crippen LogP contribution in [0.2, 0.25) is 0 Å². The molecular formula is C21H12O18. The van der Waals surface area contributed by atoms with Crippen LogP contribution in [0.4, 0.5) is 0 Å². The van der Waals surface area contributed by atoms with E-state index >= 15 is 0 Å². The van der Waals surface area contributed by atoms with Crippen molar-refractivity contribution in [2.24, 2.45) is 0 Å². The number of carboxylic acids is 9. The molecule has 0 atom stereocenters. The highest BCUT2D eigenvalue weighted by Gasteiger charge is 2.34. The maximum absolute atomic E-state index is 11.1. The van der Waals surface area contributed by atoms with Crippen LogP contribution in [0.15, 0.2) is 18.2 Å². The zero-order chi connectivity index (χ0) is 30.5. The van der Waals surface area contributed by atoms with Crippen molar-refractivity contribution in [3.05, 3.63) is 68.3 Å². The number of rotatable bonds is 9. The molecule has 2 rings (SSSR count). The van der Waals surface area contributed by atoms with Gasteiger partial charge in [0.15, 0.2) is 0 Å². The van der Waals surface area contributed by atoms with E-state index in [4.69, 9.17) is 46.0 Å². The first-order valence-electron chi connectivity index (χ1n) is 9.33. The highest BCUT2D eigenvalue weighted by molar-refractivity contribution is 6.17. The lowest BCUT2D eigenvalue weighted by Crippen LogP contribution is -2.23. The lowest BCUT2D eigenvalue weighted by atomic mass is 9.91. The van der Waals surface area contributed by atoms with E-state index in [1.165, 1.54) is 0 Å². The van der Waals surface area contributed by atoms with Gasteiger partial charge in [0.25, 0.3) is 0 Å². The van der Waals surface area contributed by atoms with Crippen LogP contribution in [0.1, 0.15) is 93.2 Å². The van der Waals surface area contributed by atoms with Crippen molar-refractivity contribution < 1.29 is 89.1 Å². The average molecular weight is 552 g/mol. The Bertz CT molecular complexity index is 1410. The van der Waals surface area contributed by atoms with E-state index < -0.39 is 104 Å². The Kier molecular flexibility index (Phi) is 9.13. The largest absolute Gasteiger partial charge is 0.478 e. The maximum atomic E-state index is 11.1. The van der Waals surface area contributed by atoms with Gasteiger partial charge in [-0.15, -0.1) is 0 Å². The fraction of sp³-hybridized carbons (Fsp3) is 0. The van der Waals surface area contributed by atoms with Gasteiger partial charge < -0.3 is 46.0 Å². The van der Waals surface area contributed by atoms with Gasteiger partial charge in [0, 0.05) is 0 Å². The third kappa shape index (κ3) is 6.46. The molecule has 18 nitrogen and oxygen atoms in total. The molecule has 2 aromatic carbocycles. The normalized spacial score (nSPS) is 9.85. The summed E-state index contributed by atoms with van der Waals surface area (Å²) < 4.78 is 0. The molecule has 0 aliphatic carbocycles. The Morgan fingerprint density at radius 2 is 0.564 bits per heavy atom. The van der Waals surface area contributed by atoms with Gasteiger partial charge in [0.05, 0.1) is 50.1 Å². The van der Waals surface area contributed by atoms with Crippen LogP contribution < -0.4 is 0 Å². The summed E-state index contributed by atoms with van der Waals surface area (Å²) in [6, 6.07) is 1.49. The predicted octanol–water partition coefficient (Wildman–Crippen LogP) is 0.657. The lowest BCUT2D eigenvalue weighted by Gasteiger charge is -2.12. The second kappa shape index (κ2) is 11.6. The van der Waals surface area contributed by atoms with E-state index in [2.05, 4.69) is 0 Å². The second-order valence-electron chi connectivity index (χ2n) is 6.79. The number of aromatic carboxylic acids is 9. The van der Waals surface area contributed by atoms with Crippen LogP contribution in [-0.2, 0) is 0 Å². The molecule has 0 saturated carbocycles. The summed E-state index contributed by atoms with van der Waals surface area (Å²) in [5, 5.41) is 79.5.